The lowest BCUT2D eigenvalue weighted by atomic mass is 9.82. The number of rotatable bonds is 2. The number of hydrogen-bond donors (Lipinski definition) is 0. The largest absolute Gasteiger partial charge is 0.490 e. The van der Waals surface area contributed by atoms with Gasteiger partial charge in [0.2, 0.25) is 0 Å². The molecular formula is C14H20O. The topological polar surface area (TPSA) is 9.23 Å². The van der Waals surface area contributed by atoms with Crippen LogP contribution in [-0.4, -0.2) is 6.10 Å². The maximum Gasteiger partial charge on any atom is 0.119 e. The van der Waals surface area contributed by atoms with Crippen LogP contribution < -0.4 is 4.74 Å². The summed E-state index contributed by atoms with van der Waals surface area (Å²) in [5, 5.41) is 0. The molecule has 1 aromatic carbocycles. The standard InChI is InChI=1S/C14H20O/c1-11-8-12(2)10-14(9-11)15-13-6-4-3-5-7-13/h3-7,11-12,14H,8-10H2,1-2H3. The summed E-state index contributed by atoms with van der Waals surface area (Å²) in [6, 6.07) is 10.2. The third-order valence-corrected chi connectivity index (χ3v) is 3.18. The summed E-state index contributed by atoms with van der Waals surface area (Å²) >= 11 is 0. The molecule has 1 nitrogen and oxygen atoms in total. The fourth-order valence-electron chi connectivity index (χ4n) is 2.66. The van der Waals surface area contributed by atoms with Crippen LogP contribution in [0.3, 0.4) is 0 Å². The Morgan fingerprint density at radius 2 is 1.53 bits per heavy atom. The first-order chi connectivity index (χ1) is 7.24. The van der Waals surface area contributed by atoms with Crippen molar-refractivity contribution in [2.45, 2.75) is 39.2 Å². The fraction of sp³-hybridized carbons (Fsp3) is 0.571. The molecule has 0 aromatic heterocycles. The van der Waals surface area contributed by atoms with Crippen molar-refractivity contribution in [1.82, 2.24) is 0 Å². The van der Waals surface area contributed by atoms with Gasteiger partial charge >= 0.3 is 0 Å². The number of hydrogen-bond acceptors (Lipinski definition) is 1. The quantitative estimate of drug-likeness (QED) is 0.710. The zero-order valence-corrected chi connectivity index (χ0v) is 9.65. The molecule has 0 saturated heterocycles. The molecule has 0 heterocycles. The van der Waals surface area contributed by atoms with E-state index in [0.29, 0.717) is 6.10 Å². The van der Waals surface area contributed by atoms with Crippen LogP contribution in [0.15, 0.2) is 30.3 Å². The fourth-order valence-corrected chi connectivity index (χ4v) is 2.66. The lowest BCUT2D eigenvalue weighted by Crippen LogP contribution is -2.28. The van der Waals surface area contributed by atoms with Crippen LogP contribution in [0.5, 0.6) is 5.75 Å². The molecule has 0 radical (unpaired) electrons. The summed E-state index contributed by atoms with van der Waals surface area (Å²) in [6.45, 7) is 4.66. The highest BCUT2D eigenvalue weighted by atomic mass is 16.5. The van der Waals surface area contributed by atoms with E-state index in [-0.39, 0.29) is 0 Å². The van der Waals surface area contributed by atoms with E-state index < -0.39 is 0 Å². The van der Waals surface area contributed by atoms with Crippen LogP contribution in [-0.2, 0) is 0 Å². The summed E-state index contributed by atoms with van der Waals surface area (Å²) in [7, 11) is 0. The zero-order chi connectivity index (χ0) is 10.7. The monoisotopic (exact) mass is 204 g/mol. The number of ether oxygens (including phenoxy) is 1. The maximum atomic E-state index is 6.00. The first kappa shape index (κ1) is 10.5. The molecule has 1 fully saturated rings. The van der Waals surface area contributed by atoms with Gasteiger partial charge in [-0.05, 0) is 43.2 Å². The predicted octanol–water partition coefficient (Wildman–Crippen LogP) is 3.89. The summed E-state index contributed by atoms with van der Waals surface area (Å²) in [5.41, 5.74) is 0. The van der Waals surface area contributed by atoms with Gasteiger partial charge in [-0.2, -0.15) is 0 Å². The van der Waals surface area contributed by atoms with Crippen LogP contribution in [0.2, 0.25) is 0 Å². The molecule has 1 aliphatic carbocycles. The molecule has 2 rings (SSSR count). The number of para-hydroxylation sites is 1. The van der Waals surface area contributed by atoms with E-state index in [1.54, 1.807) is 0 Å². The van der Waals surface area contributed by atoms with Crippen LogP contribution in [0.1, 0.15) is 33.1 Å². The highest BCUT2D eigenvalue weighted by molar-refractivity contribution is 5.21. The van der Waals surface area contributed by atoms with E-state index >= 15 is 0 Å². The van der Waals surface area contributed by atoms with Crippen molar-refractivity contribution in [2.75, 3.05) is 0 Å². The Labute approximate surface area is 92.5 Å². The Balaban J connectivity index is 1.94. The molecule has 0 bridgehead atoms. The molecule has 0 amide bonds. The van der Waals surface area contributed by atoms with Gasteiger partial charge < -0.3 is 4.74 Å². The second-order valence-corrected chi connectivity index (χ2v) is 4.97. The van der Waals surface area contributed by atoms with Crippen molar-refractivity contribution >= 4 is 0 Å². The highest BCUT2D eigenvalue weighted by Gasteiger charge is 2.24. The minimum Gasteiger partial charge on any atom is -0.490 e. The lowest BCUT2D eigenvalue weighted by molar-refractivity contribution is 0.101. The molecule has 1 saturated carbocycles. The van der Waals surface area contributed by atoms with Gasteiger partial charge in [0, 0.05) is 0 Å². The zero-order valence-electron chi connectivity index (χ0n) is 9.65. The van der Waals surface area contributed by atoms with E-state index in [2.05, 4.69) is 13.8 Å². The van der Waals surface area contributed by atoms with Gasteiger partial charge in [0.25, 0.3) is 0 Å². The van der Waals surface area contributed by atoms with Crippen molar-refractivity contribution in [3.63, 3.8) is 0 Å². The summed E-state index contributed by atoms with van der Waals surface area (Å²) in [5.74, 6) is 2.63. The molecule has 15 heavy (non-hydrogen) atoms. The molecule has 0 spiro atoms. The number of benzene rings is 1. The van der Waals surface area contributed by atoms with Crippen LogP contribution in [0.25, 0.3) is 0 Å². The van der Waals surface area contributed by atoms with Gasteiger partial charge in [0.1, 0.15) is 5.75 Å². The maximum absolute atomic E-state index is 6.00. The van der Waals surface area contributed by atoms with Gasteiger partial charge in [-0.25, -0.2) is 0 Å². The lowest BCUT2D eigenvalue weighted by Gasteiger charge is -2.31. The summed E-state index contributed by atoms with van der Waals surface area (Å²) in [4.78, 5) is 0. The predicted molar refractivity (Wildman–Crippen MR) is 63.0 cm³/mol. The van der Waals surface area contributed by atoms with Crippen molar-refractivity contribution in [3.8, 4) is 5.75 Å². The second-order valence-electron chi connectivity index (χ2n) is 4.97. The summed E-state index contributed by atoms with van der Waals surface area (Å²) < 4.78 is 6.00. The minimum absolute atomic E-state index is 0.422. The molecule has 1 aromatic rings. The highest BCUT2D eigenvalue weighted by Crippen LogP contribution is 2.31. The van der Waals surface area contributed by atoms with E-state index in [9.17, 15) is 0 Å². The third-order valence-electron chi connectivity index (χ3n) is 3.18. The Bertz CT molecular complexity index is 283. The molecule has 1 aliphatic rings. The van der Waals surface area contributed by atoms with Crippen molar-refractivity contribution in [3.05, 3.63) is 30.3 Å². The van der Waals surface area contributed by atoms with Crippen molar-refractivity contribution < 1.29 is 4.74 Å². The van der Waals surface area contributed by atoms with Gasteiger partial charge in [0.15, 0.2) is 0 Å². The van der Waals surface area contributed by atoms with Gasteiger partial charge in [-0.15, -0.1) is 0 Å². The summed E-state index contributed by atoms with van der Waals surface area (Å²) in [6.07, 6.45) is 4.19. The Morgan fingerprint density at radius 3 is 2.13 bits per heavy atom. The van der Waals surface area contributed by atoms with Crippen molar-refractivity contribution in [1.29, 1.82) is 0 Å². The van der Waals surface area contributed by atoms with E-state index in [1.807, 2.05) is 30.3 Å². The Hall–Kier alpha value is -0.980. The molecule has 0 N–H and O–H groups in total. The first-order valence-electron chi connectivity index (χ1n) is 5.95. The second kappa shape index (κ2) is 4.69. The molecule has 2 atom stereocenters. The molecular weight excluding hydrogens is 184 g/mol. The molecule has 2 unspecified atom stereocenters. The SMILES string of the molecule is CC1CC(C)CC(Oc2ccccc2)C1. The molecule has 1 heteroatoms. The van der Waals surface area contributed by atoms with Crippen LogP contribution in [0.4, 0.5) is 0 Å². The average molecular weight is 204 g/mol. The van der Waals surface area contributed by atoms with Gasteiger partial charge in [0.05, 0.1) is 6.10 Å². The van der Waals surface area contributed by atoms with E-state index in [0.717, 1.165) is 17.6 Å². The van der Waals surface area contributed by atoms with Crippen molar-refractivity contribution in [2.24, 2.45) is 11.8 Å². The molecule has 0 aliphatic heterocycles. The Kier molecular flexibility index (Phi) is 3.30. The van der Waals surface area contributed by atoms with Crippen LogP contribution in [0, 0.1) is 11.8 Å². The third kappa shape index (κ3) is 2.98. The normalized spacial score (nSPS) is 31.2. The van der Waals surface area contributed by atoms with Crippen LogP contribution >= 0.6 is 0 Å². The minimum atomic E-state index is 0.422. The molecule has 82 valence electrons. The first-order valence-corrected chi connectivity index (χ1v) is 5.95. The average Bonchev–Trinajstić information content (AvgIpc) is 2.17. The van der Waals surface area contributed by atoms with E-state index in [4.69, 9.17) is 4.74 Å². The van der Waals surface area contributed by atoms with Gasteiger partial charge in [-0.3, -0.25) is 0 Å². The van der Waals surface area contributed by atoms with Gasteiger partial charge in [-0.1, -0.05) is 32.0 Å². The Morgan fingerprint density at radius 1 is 0.933 bits per heavy atom. The smallest absolute Gasteiger partial charge is 0.119 e. The van der Waals surface area contributed by atoms with E-state index in [1.165, 1.54) is 19.3 Å².